The molecule has 3 saturated carbocycles. The van der Waals surface area contributed by atoms with Gasteiger partial charge in [0.25, 0.3) is 0 Å². The maximum absolute atomic E-state index is 2.75. The molecule has 42 heavy (non-hydrogen) atoms. The van der Waals surface area contributed by atoms with Crippen LogP contribution >= 0.6 is 0 Å². The van der Waals surface area contributed by atoms with Crippen LogP contribution in [0.4, 0.5) is 11.4 Å². The van der Waals surface area contributed by atoms with Crippen LogP contribution in [0.3, 0.4) is 0 Å². The second-order valence-corrected chi connectivity index (χ2v) is 13.5. The fourth-order valence-corrected chi connectivity index (χ4v) is 8.75. The standard InChI is InChI=1S/C41H47N/c1-30-19-28-41(40-18-9-8-17-39(30)40)42(37-24-20-33(21-25-37)31-11-4-2-5-12-31)38-26-22-34(23-27-38)36-16-10-15-35(29-36)32-13-6-3-7-14-32/h3,6-7,10,13-16,20-27,29-31,39-41H,2,4-5,8-9,11-12,17-19,28H2,1H3. The molecule has 0 N–H and O–H groups in total. The molecule has 0 heterocycles. The van der Waals surface area contributed by atoms with Gasteiger partial charge in [0, 0.05) is 17.4 Å². The Morgan fingerprint density at radius 1 is 0.476 bits per heavy atom. The molecule has 0 spiro atoms. The van der Waals surface area contributed by atoms with E-state index in [0.29, 0.717) is 6.04 Å². The van der Waals surface area contributed by atoms with Crippen LogP contribution < -0.4 is 4.90 Å². The third kappa shape index (κ3) is 5.68. The lowest BCUT2D eigenvalue weighted by atomic mass is 9.63. The Morgan fingerprint density at radius 3 is 1.74 bits per heavy atom. The summed E-state index contributed by atoms with van der Waals surface area (Å²) in [5, 5.41) is 0. The van der Waals surface area contributed by atoms with Crippen LogP contribution in [0.1, 0.15) is 89.0 Å². The third-order valence-electron chi connectivity index (χ3n) is 11.0. The van der Waals surface area contributed by atoms with E-state index in [1.165, 1.54) is 104 Å². The first-order valence-electron chi connectivity index (χ1n) is 16.9. The van der Waals surface area contributed by atoms with Gasteiger partial charge in [-0.3, -0.25) is 0 Å². The number of anilines is 2. The van der Waals surface area contributed by atoms with Crippen molar-refractivity contribution in [3.05, 3.63) is 109 Å². The second kappa shape index (κ2) is 12.5. The molecule has 0 bridgehead atoms. The van der Waals surface area contributed by atoms with Crippen molar-refractivity contribution >= 4 is 11.4 Å². The van der Waals surface area contributed by atoms with Gasteiger partial charge in [0.15, 0.2) is 0 Å². The predicted octanol–water partition coefficient (Wildman–Crippen LogP) is 11.8. The number of hydrogen-bond donors (Lipinski definition) is 0. The van der Waals surface area contributed by atoms with Gasteiger partial charge in [0.1, 0.15) is 0 Å². The minimum atomic E-state index is 0.583. The smallest absolute Gasteiger partial charge is 0.0413 e. The van der Waals surface area contributed by atoms with Crippen molar-refractivity contribution in [2.75, 3.05) is 4.90 Å². The number of hydrogen-bond acceptors (Lipinski definition) is 1. The molecular formula is C41H47N. The topological polar surface area (TPSA) is 3.24 Å². The molecule has 3 aliphatic rings. The van der Waals surface area contributed by atoms with Gasteiger partial charge >= 0.3 is 0 Å². The molecule has 4 aromatic rings. The SMILES string of the molecule is CC1CCC(N(c2ccc(-c3cccc(-c4ccccc4)c3)cc2)c2ccc(C3CCCCC3)cc2)C2CCCCC12. The summed E-state index contributed by atoms with van der Waals surface area (Å²) in [5.41, 5.74) is 9.41. The van der Waals surface area contributed by atoms with Crippen molar-refractivity contribution in [2.24, 2.45) is 17.8 Å². The summed E-state index contributed by atoms with van der Waals surface area (Å²) in [7, 11) is 0. The molecule has 3 fully saturated rings. The van der Waals surface area contributed by atoms with Crippen LogP contribution in [0.2, 0.25) is 0 Å². The molecule has 4 aromatic carbocycles. The molecule has 7 rings (SSSR count). The van der Waals surface area contributed by atoms with Crippen LogP contribution in [-0.4, -0.2) is 6.04 Å². The predicted molar refractivity (Wildman–Crippen MR) is 179 cm³/mol. The zero-order chi connectivity index (χ0) is 28.3. The Morgan fingerprint density at radius 2 is 1.05 bits per heavy atom. The number of rotatable bonds is 6. The highest BCUT2D eigenvalue weighted by Crippen LogP contribution is 2.48. The van der Waals surface area contributed by atoms with E-state index in [9.17, 15) is 0 Å². The van der Waals surface area contributed by atoms with E-state index in [1.807, 2.05) is 0 Å². The first kappa shape index (κ1) is 27.5. The highest BCUT2D eigenvalue weighted by atomic mass is 15.2. The summed E-state index contributed by atoms with van der Waals surface area (Å²) in [6.07, 6.45) is 15.2. The average Bonchev–Trinajstić information content (AvgIpc) is 3.07. The van der Waals surface area contributed by atoms with Crippen LogP contribution in [-0.2, 0) is 0 Å². The van der Waals surface area contributed by atoms with Crippen molar-refractivity contribution in [3.8, 4) is 22.3 Å². The highest BCUT2D eigenvalue weighted by Gasteiger charge is 2.41. The molecular weight excluding hydrogens is 506 g/mol. The molecule has 0 saturated heterocycles. The first-order valence-corrected chi connectivity index (χ1v) is 16.9. The Bertz CT molecular complexity index is 1430. The average molecular weight is 554 g/mol. The van der Waals surface area contributed by atoms with Gasteiger partial charge in [-0.2, -0.15) is 0 Å². The Balaban J connectivity index is 1.22. The fourth-order valence-electron chi connectivity index (χ4n) is 8.75. The summed E-state index contributed by atoms with van der Waals surface area (Å²) in [6, 6.07) is 39.6. The van der Waals surface area contributed by atoms with Crippen LogP contribution in [0.15, 0.2) is 103 Å². The van der Waals surface area contributed by atoms with Gasteiger partial charge in [-0.05, 0) is 120 Å². The molecule has 1 heteroatoms. The van der Waals surface area contributed by atoms with Crippen LogP contribution in [0, 0.1) is 17.8 Å². The van der Waals surface area contributed by atoms with Crippen LogP contribution in [0.5, 0.6) is 0 Å². The Kier molecular flexibility index (Phi) is 8.19. The summed E-state index contributed by atoms with van der Waals surface area (Å²) < 4.78 is 0. The van der Waals surface area contributed by atoms with Crippen LogP contribution in [0.25, 0.3) is 22.3 Å². The molecule has 0 aliphatic heterocycles. The van der Waals surface area contributed by atoms with E-state index in [-0.39, 0.29) is 0 Å². The zero-order valence-electron chi connectivity index (χ0n) is 25.4. The molecule has 216 valence electrons. The minimum Gasteiger partial charge on any atom is -0.338 e. The summed E-state index contributed by atoms with van der Waals surface area (Å²) in [6.45, 7) is 2.53. The van der Waals surface area contributed by atoms with E-state index in [4.69, 9.17) is 0 Å². The quantitative estimate of drug-likeness (QED) is 0.229. The largest absolute Gasteiger partial charge is 0.338 e. The molecule has 1 nitrogen and oxygen atoms in total. The number of nitrogens with zero attached hydrogens (tertiary/aromatic N) is 1. The highest BCUT2D eigenvalue weighted by molar-refractivity contribution is 5.75. The number of benzene rings is 4. The third-order valence-corrected chi connectivity index (χ3v) is 11.0. The van der Waals surface area contributed by atoms with Crippen molar-refractivity contribution in [2.45, 2.75) is 89.5 Å². The van der Waals surface area contributed by atoms with Crippen molar-refractivity contribution in [3.63, 3.8) is 0 Å². The molecule has 0 radical (unpaired) electrons. The number of fused-ring (bicyclic) bond motifs is 1. The maximum Gasteiger partial charge on any atom is 0.0413 e. The van der Waals surface area contributed by atoms with Gasteiger partial charge in [0.05, 0.1) is 0 Å². The van der Waals surface area contributed by atoms with Gasteiger partial charge in [-0.15, -0.1) is 0 Å². The lowest BCUT2D eigenvalue weighted by Crippen LogP contribution is -2.47. The van der Waals surface area contributed by atoms with E-state index in [1.54, 1.807) is 5.56 Å². The molecule has 0 aromatic heterocycles. The molecule has 3 aliphatic carbocycles. The van der Waals surface area contributed by atoms with E-state index in [0.717, 1.165) is 23.7 Å². The van der Waals surface area contributed by atoms with Gasteiger partial charge < -0.3 is 4.90 Å². The van der Waals surface area contributed by atoms with E-state index < -0.39 is 0 Å². The van der Waals surface area contributed by atoms with Crippen molar-refractivity contribution in [1.82, 2.24) is 0 Å². The lowest BCUT2D eigenvalue weighted by molar-refractivity contribution is 0.0944. The van der Waals surface area contributed by atoms with Crippen molar-refractivity contribution < 1.29 is 0 Å². The Labute approximate surface area is 254 Å². The fraction of sp³-hybridized carbons (Fsp3) is 0.415. The van der Waals surface area contributed by atoms with Gasteiger partial charge in [-0.1, -0.05) is 112 Å². The summed E-state index contributed by atoms with van der Waals surface area (Å²) in [4.78, 5) is 2.75. The lowest BCUT2D eigenvalue weighted by Gasteiger charge is -2.49. The Hall–Kier alpha value is -3.32. The zero-order valence-corrected chi connectivity index (χ0v) is 25.4. The first-order chi connectivity index (χ1) is 20.7. The maximum atomic E-state index is 2.75. The van der Waals surface area contributed by atoms with E-state index >= 15 is 0 Å². The summed E-state index contributed by atoms with van der Waals surface area (Å²) >= 11 is 0. The molecule has 4 unspecified atom stereocenters. The molecule has 0 amide bonds. The normalized spacial score (nSPS) is 24.6. The second-order valence-electron chi connectivity index (χ2n) is 13.5. The minimum absolute atomic E-state index is 0.583. The summed E-state index contributed by atoms with van der Waals surface area (Å²) in [5.74, 6) is 3.29. The monoisotopic (exact) mass is 553 g/mol. The van der Waals surface area contributed by atoms with Gasteiger partial charge in [-0.25, -0.2) is 0 Å². The molecule has 4 atom stereocenters. The van der Waals surface area contributed by atoms with E-state index in [2.05, 4.69) is 115 Å². The van der Waals surface area contributed by atoms with Gasteiger partial charge in [0.2, 0.25) is 0 Å². The van der Waals surface area contributed by atoms with Crippen molar-refractivity contribution in [1.29, 1.82) is 0 Å².